The van der Waals surface area contributed by atoms with Crippen LogP contribution >= 0.6 is 0 Å². The molecule has 1 aromatic rings. The van der Waals surface area contributed by atoms with Crippen LogP contribution in [0.15, 0.2) is 58.1 Å². The number of carbonyl (C=O) groups excluding carboxylic acids is 1. The summed E-state index contributed by atoms with van der Waals surface area (Å²) in [5.41, 5.74) is 1.74. The molecule has 0 bridgehead atoms. The molecule has 0 atom stereocenters. The van der Waals surface area contributed by atoms with E-state index >= 15 is 0 Å². The van der Waals surface area contributed by atoms with Gasteiger partial charge >= 0.3 is 5.97 Å². The molecule has 2 rings (SSSR count). The van der Waals surface area contributed by atoms with Crippen molar-refractivity contribution >= 4 is 21.5 Å². The van der Waals surface area contributed by atoms with Crippen LogP contribution in [0.4, 0.5) is 0 Å². The van der Waals surface area contributed by atoms with Gasteiger partial charge in [-0.25, -0.2) is 13.2 Å². The molecule has 7 nitrogen and oxygen atoms in total. The number of carbonyl (C=O) groups is 1. The molecule has 1 aromatic carbocycles. The third kappa shape index (κ3) is 7.36. The first-order valence-electron chi connectivity index (χ1n) is 8.35. The normalized spacial score (nSPS) is 15.5. The van der Waals surface area contributed by atoms with Crippen LogP contribution in [0.3, 0.4) is 0 Å². The first-order valence-corrected chi connectivity index (χ1v) is 10.2. The number of allylic oxidation sites excluding steroid dienone is 4. The van der Waals surface area contributed by atoms with Crippen molar-refractivity contribution in [1.82, 2.24) is 0 Å². The highest BCUT2D eigenvalue weighted by Gasteiger charge is 2.09. The van der Waals surface area contributed by atoms with Gasteiger partial charge in [0.1, 0.15) is 5.76 Å². The Labute approximate surface area is 159 Å². The Morgan fingerprint density at radius 2 is 1.96 bits per heavy atom. The Morgan fingerprint density at radius 1 is 1.22 bits per heavy atom. The van der Waals surface area contributed by atoms with Gasteiger partial charge in [0.15, 0.2) is 16.4 Å². The van der Waals surface area contributed by atoms with E-state index in [1.807, 2.05) is 12.2 Å². The summed E-state index contributed by atoms with van der Waals surface area (Å²) in [6, 6.07) is 6.62. The quantitative estimate of drug-likeness (QED) is 0.471. The lowest BCUT2D eigenvalue weighted by Gasteiger charge is -2.12. The van der Waals surface area contributed by atoms with Gasteiger partial charge in [0.25, 0.3) is 0 Å². The van der Waals surface area contributed by atoms with E-state index in [1.54, 1.807) is 30.3 Å². The van der Waals surface area contributed by atoms with E-state index in [0.29, 0.717) is 36.8 Å². The summed E-state index contributed by atoms with van der Waals surface area (Å²) in [5.74, 6) is 0.232. The Morgan fingerprint density at radius 3 is 2.63 bits per heavy atom. The average molecular weight is 393 g/mol. The van der Waals surface area contributed by atoms with Gasteiger partial charge in [-0.1, -0.05) is 18.2 Å². The minimum absolute atomic E-state index is 0.120. The number of hydrogen-bond acceptors (Lipinski definition) is 7. The van der Waals surface area contributed by atoms with E-state index < -0.39 is 15.8 Å². The lowest BCUT2D eigenvalue weighted by molar-refractivity contribution is -0.144. The molecule has 27 heavy (non-hydrogen) atoms. The largest absolute Gasteiger partial charge is 0.486 e. The summed E-state index contributed by atoms with van der Waals surface area (Å²) in [6.45, 7) is 1.20. The number of methoxy groups -OCH3 is 1. The highest BCUT2D eigenvalue weighted by molar-refractivity contribution is 7.90. The minimum atomic E-state index is -3.18. The second kappa shape index (κ2) is 10.0. The molecular weight excluding hydrogens is 370 g/mol. The topological polar surface area (TPSA) is 91.3 Å². The molecule has 0 radical (unpaired) electrons. The Bertz CT molecular complexity index is 837. The molecule has 0 heterocycles. The van der Waals surface area contributed by atoms with Crippen LogP contribution in [0, 0.1) is 0 Å². The molecule has 0 fully saturated rings. The molecule has 0 N–H and O–H groups in total. The van der Waals surface area contributed by atoms with Gasteiger partial charge in [-0.05, 0) is 29.8 Å². The van der Waals surface area contributed by atoms with Gasteiger partial charge in [0.05, 0.1) is 31.8 Å². The van der Waals surface area contributed by atoms with Crippen molar-refractivity contribution in [2.75, 3.05) is 33.1 Å². The number of ether oxygens (including phenoxy) is 3. The lowest BCUT2D eigenvalue weighted by Crippen LogP contribution is -2.13. The zero-order valence-electron chi connectivity index (χ0n) is 15.4. The molecule has 0 aromatic heterocycles. The van der Waals surface area contributed by atoms with E-state index in [4.69, 9.17) is 9.47 Å². The standard InChI is InChI=1S/C19H23NO6S/c1-24-19(21)14-26-17-5-3-4-16(12-17)20-10-11-25-13-15-6-8-18(9-7-15)27(2,22)23/h3-9H,10-14H2,1-2H3. The third-order valence-corrected chi connectivity index (χ3v) is 4.83. The summed E-state index contributed by atoms with van der Waals surface area (Å²) in [5, 5.41) is 0. The number of rotatable bonds is 9. The van der Waals surface area contributed by atoms with E-state index in [0.717, 1.165) is 11.3 Å². The summed E-state index contributed by atoms with van der Waals surface area (Å²) in [4.78, 5) is 15.8. The fraction of sp³-hybridized carbons (Fsp3) is 0.368. The number of nitrogens with zero attached hydrogens (tertiary/aromatic N) is 1. The lowest BCUT2D eigenvalue weighted by atomic mass is 10.1. The molecule has 0 unspecified atom stereocenters. The molecule has 0 saturated heterocycles. The van der Waals surface area contributed by atoms with Gasteiger partial charge in [0.2, 0.25) is 0 Å². The van der Waals surface area contributed by atoms with Crippen molar-refractivity contribution in [1.29, 1.82) is 0 Å². The molecule has 0 aliphatic heterocycles. The SMILES string of the molecule is COC(=O)COC1=CC=CC(=NCCOCc2ccc(S(C)(=O)=O)cc2)C1. The van der Waals surface area contributed by atoms with Crippen molar-refractivity contribution in [3.63, 3.8) is 0 Å². The highest BCUT2D eigenvalue weighted by atomic mass is 32.2. The second-order valence-corrected chi connectivity index (χ2v) is 7.89. The summed E-state index contributed by atoms with van der Waals surface area (Å²) < 4.78 is 38.3. The number of aliphatic imine (C=N–C) groups is 1. The van der Waals surface area contributed by atoms with Crippen LogP contribution in [0.1, 0.15) is 12.0 Å². The fourth-order valence-corrected chi connectivity index (χ4v) is 2.89. The van der Waals surface area contributed by atoms with Crippen LogP contribution in [0.25, 0.3) is 0 Å². The molecule has 1 aliphatic rings. The summed E-state index contributed by atoms with van der Waals surface area (Å²) in [7, 11) is -1.87. The van der Waals surface area contributed by atoms with Crippen LogP contribution in [-0.4, -0.2) is 53.2 Å². The first kappa shape index (κ1) is 20.9. The maximum absolute atomic E-state index is 11.4. The number of sulfone groups is 1. The fourth-order valence-electron chi connectivity index (χ4n) is 2.26. The molecule has 146 valence electrons. The van der Waals surface area contributed by atoms with Gasteiger partial charge in [-0.3, -0.25) is 4.99 Å². The van der Waals surface area contributed by atoms with Crippen LogP contribution < -0.4 is 0 Å². The maximum Gasteiger partial charge on any atom is 0.343 e. The van der Waals surface area contributed by atoms with Gasteiger partial charge in [0, 0.05) is 18.4 Å². The monoisotopic (exact) mass is 393 g/mol. The Kier molecular flexibility index (Phi) is 7.75. The first-order chi connectivity index (χ1) is 12.9. The van der Waals surface area contributed by atoms with Crippen LogP contribution in [0.2, 0.25) is 0 Å². The Balaban J connectivity index is 1.71. The Hall–Kier alpha value is -2.45. The number of benzene rings is 1. The van der Waals surface area contributed by atoms with E-state index in [9.17, 15) is 13.2 Å². The number of hydrogen-bond donors (Lipinski definition) is 0. The summed E-state index contributed by atoms with van der Waals surface area (Å²) >= 11 is 0. The molecule has 8 heteroatoms. The predicted octanol–water partition coefficient (Wildman–Crippen LogP) is 2.08. The van der Waals surface area contributed by atoms with Crippen LogP contribution in [0.5, 0.6) is 0 Å². The summed E-state index contributed by atoms with van der Waals surface area (Å²) in [6.07, 6.45) is 7.19. The molecule has 1 aliphatic carbocycles. The average Bonchev–Trinajstić information content (AvgIpc) is 2.66. The van der Waals surface area contributed by atoms with Crippen molar-refractivity contribution < 1.29 is 27.4 Å². The van der Waals surface area contributed by atoms with Crippen molar-refractivity contribution in [2.45, 2.75) is 17.9 Å². The van der Waals surface area contributed by atoms with Crippen LogP contribution in [-0.2, 0) is 35.4 Å². The second-order valence-electron chi connectivity index (χ2n) is 5.88. The number of esters is 1. The molecule has 0 spiro atoms. The molecular formula is C19H23NO6S. The van der Waals surface area contributed by atoms with Gasteiger partial charge in [-0.15, -0.1) is 0 Å². The minimum Gasteiger partial charge on any atom is -0.486 e. The van der Waals surface area contributed by atoms with Crippen molar-refractivity contribution in [3.05, 3.63) is 53.8 Å². The van der Waals surface area contributed by atoms with Crippen molar-refractivity contribution in [2.24, 2.45) is 4.99 Å². The van der Waals surface area contributed by atoms with E-state index in [-0.39, 0.29) is 6.61 Å². The van der Waals surface area contributed by atoms with E-state index in [2.05, 4.69) is 9.73 Å². The van der Waals surface area contributed by atoms with Crippen molar-refractivity contribution in [3.8, 4) is 0 Å². The van der Waals surface area contributed by atoms with Gasteiger partial charge < -0.3 is 14.2 Å². The smallest absolute Gasteiger partial charge is 0.343 e. The van der Waals surface area contributed by atoms with Gasteiger partial charge in [-0.2, -0.15) is 0 Å². The maximum atomic E-state index is 11.4. The zero-order chi connectivity index (χ0) is 19.7. The molecule has 0 saturated carbocycles. The zero-order valence-corrected chi connectivity index (χ0v) is 16.2. The van der Waals surface area contributed by atoms with E-state index in [1.165, 1.54) is 13.4 Å². The highest BCUT2D eigenvalue weighted by Crippen LogP contribution is 2.13. The third-order valence-electron chi connectivity index (χ3n) is 3.70. The molecule has 0 amide bonds. The predicted molar refractivity (Wildman–Crippen MR) is 101 cm³/mol.